The summed E-state index contributed by atoms with van der Waals surface area (Å²) in [5, 5.41) is 3.23. The Balaban J connectivity index is 1.62. The highest BCUT2D eigenvalue weighted by molar-refractivity contribution is 5.97. The summed E-state index contributed by atoms with van der Waals surface area (Å²) in [6.45, 7) is 5.22. The highest BCUT2D eigenvalue weighted by atomic mass is 16.5. The lowest BCUT2D eigenvalue weighted by molar-refractivity contribution is -0.117. The second-order valence-corrected chi connectivity index (χ2v) is 6.50. The van der Waals surface area contributed by atoms with Gasteiger partial charge in [-0.1, -0.05) is 31.2 Å². The van der Waals surface area contributed by atoms with Gasteiger partial charge in [-0.25, -0.2) is 0 Å². The Kier molecular flexibility index (Phi) is 5.59. The third-order valence-electron chi connectivity index (χ3n) is 4.60. The van der Waals surface area contributed by atoms with Crippen molar-refractivity contribution in [3.8, 4) is 5.75 Å². The highest BCUT2D eigenvalue weighted by Gasteiger charge is 2.21. The zero-order valence-electron chi connectivity index (χ0n) is 15.0. The van der Waals surface area contributed by atoms with Gasteiger partial charge >= 0.3 is 0 Å². The second kappa shape index (κ2) is 8.06. The van der Waals surface area contributed by atoms with Crippen molar-refractivity contribution >= 4 is 17.3 Å². The molecular formula is C21H26N2O2. The first-order valence-electron chi connectivity index (χ1n) is 9.06. The van der Waals surface area contributed by atoms with Gasteiger partial charge in [0.05, 0.1) is 12.6 Å². The number of para-hydroxylation sites is 1. The first kappa shape index (κ1) is 17.3. The van der Waals surface area contributed by atoms with Crippen LogP contribution in [0.15, 0.2) is 48.5 Å². The number of hydrogen-bond acceptors (Lipinski definition) is 3. The van der Waals surface area contributed by atoms with E-state index in [0.717, 1.165) is 42.9 Å². The molecule has 0 saturated carbocycles. The Morgan fingerprint density at radius 3 is 2.92 bits per heavy atom. The summed E-state index contributed by atoms with van der Waals surface area (Å²) in [7, 11) is 0. The van der Waals surface area contributed by atoms with Gasteiger partial charge in [0.1, 0.15) is 5.75 Å². The quantitative estimate of drug-likeness (QED) is 0.856. The fourth-order valence-electron chi connectivity index (χ4n) is 3.06. The predicted octanol–water partition coefficient (Wildman–Crippen LogP) is 4.26. The van der Waals surface area contributed by atoms with Crippen LogP contribution in [0.4, 0.5) is 11.4 Å². The lowest BCUT2D eigenvalue weighted by Gasteiger charge is -2.29. The van der Waals surface area contributed by atoms with Gasteiger partial charge in [0.2, 0.25) is 5.91 Å². The molecule has 0 fully saturated rings. The molecule has 1 atom stereocenters. The summed E-state index contributed by atoms with van der Waals surface area (Å²) in [6, 6.07) is 16.0. The molecule has 4 nitrogen and oxygen atoms in total. The number of hydrogen-bond donors (Lipinski definition) is 1. The van der Waals surface area contributed by atoms with Crippen molar-refractivity contribution in [2.45, 2.75) is 39.2 Å². The Labute approximate surface area is 149 Å². The van der Waals surface area contributed by atoms with Crippen molar-refractivity contribution in [1.82, 2.24) is 0 Å². The van der Waals surface area contributed by atoms with Crippen LogP contribution in [0.3, 0.4) is 0 Å². The molecular weight excluding hydrogens is 312 g/mol. The smallest absolute Gasteiger partial charge is 0.246 e. The van der Waals surface area contributed by atoms with Gasteiger partial charge in [0.25, 0.3) is 0 Å². The summed E-state index contributed by atoms with van der Waals surface area (Å²) in [5.74, 6) is 0.926. The van der Waals surface area contributed by atoms with Crippen LogP contribution in [-0.4, -0.2) is 25.1 Å². The lowest BCUT2D eigenvalue weighted by Crippen LogP contribution is -2.39. The summed E-state index contributed by atoms with van der Waals surface area (Å²) in [4.78, 5) is 14.6. The molecule has 4 heteroatoms. The van der Waals surface area contributed by atoms with E-state index in [0.29, 0.717) is 0 Å². The molecule has 1 heterocycles. The SMILES string of the molecule is CCC(C)Oc1cccc(NCC(=O)N2CCCc3ccccc32)c1. The van der Waals surface area contributed by atoms with E-state index in [2.05, 4.69) is 25.2 Å². The minimum Gasteiger partial charge on any atom is -0.491 e. The maximum atomic E-state index is 12.7. The molecule has 2 aromatic rings. The van der Waals surface area contributed by atoms with Crippen molar-refractivity contribution in [3.63, 3.8) is 0 Å². The number of carbonyl (C=O) groups excluding carboxylic acids is 1. The number of nitrogens with one attached hydrogen (secondary N) is 1. The predicted molar refractivity (Wildman–Crippen MR) is 102 cm³/mol. The molecule has 25 heavy (non-hydrogen) atoms. The third kappa shape index (κ3) is 4.32. The number of aryl methyl sites for hydroxylation is 1. The number of fused-ring (bicyclic) bond motifs is 1. The Hall–Kier alpha value is -2.49. The molecule has 132 valence electrons. The number of ether oxygens (including phenoxy) is 1. The van der Waals surface area contributed by atoms with E-state index in [-0.39, 0.29) is 18.6 Å². The van der Waals surface area contributed by atoms with Crippen LogP contribution >= 0.6 is 0 Å². The maximum Gasteiger partial charge on any atom is 0.246 e. The van der Waals surface area contributed by atoms with Crippen molar-refractivity contribution in [2.75, 3.05) is 23.3 Å². The molecule has 1 aliphatic rings. The normalized spacial score (nSPS) is 14.6. The molecule has 0 spiro atoms. The summed E-state index contributed by atoms with van der Waals surface area (Å²) >= 11 is 0. The van der Waals surface area contributed by atoms with Crippen LogP contribution in [0.1, 0.15) is 32.3 Å². The standard InChI is InChI=1S/C21H26N2O2/c1-3-16(2)25-19-11-6-10-18(14-19)22-15-21(24)23-13-7-9-17-8-4-5-12-20(17)23/h4-6,8,10-12,14,16,22H,3,7,9,13,15H2,1-2H3. The first-order chi connectivity index (χ1) is 12.2. The number of benzene rings is 2. The van der Waals surface area contributed by atoms with Crippen LogP contribution in [-0.2, 0) is 11.2 Å². The summed E-state index contributed by atoms with van der Waals surface area (Å²) in [6.07, 6.45) is 3.20. The van der Waals surface area contributed by atoms with Gasteiger partial charge in [-0.05, 0) is 49.9 Å². The maximum absolute atomic E-state index is 12.7. The topological polar surface area (TPSA) is 41.6 Å². The number of amides is 1. The minimum absolute atomic E-state index is 0.0976. The Morgan fingerprint density at radius 1 is 1.24 bits per heavy atom. The van der Waals surface area contributed by atoms with E-state index in [1.54, 1.807) is 0 Å². The Bertz CT molecular complexity index is 729. The van der Waals surface area contributed by atoms with Gasteiger partial charge in [-0.3, -0.25) is 4.79 Å². The van der Waals surface area contributed by atoms with Crippen LogP contribution in [0.5, 0.6) is 5.75 Å². The average Bonchev–Trinajstić information content (AvgIpc) is 2.66. The molecule has 1 unspecified atom stereocenters. The fraction of sp³-hybridized carbons (Fsp3) is 0.381. The van der Waals surface area contributed by atoms with Gasteiger partial charge in [0, 0.05) is 24.0 Å². The van der Waals surface area contributed by atoms with Crippen molar-refractivity contribution in [3.05, 3.63) is 54.1 Å². The molecule has 1 aliphatic heterocycles. The molecule has 3 rings (SSSR count). The molecule has 2 aromatic carbocycles. The monoisotopic (exact) mass is 338 g/mol. The van der Waals surface area contributed by atoms with Crippen LogP contribution < -0.4 is 15.0 Å². The zero-order valence-corrected chi connectivity index (χ0v) is 15.0. The van der Waals surface area contributed by atoms with Crippen LogP contribution in [0, 0.1) is 0 Å². The van der Waals surface area contributed by atoms with E-state index in [4.69, 9.17) is 4.74 Å². The van der Waals surface area contributed by atoms with E-state index in [1.807, 2.05) is 47.4 Å². The van der Waals surface area contributed by atoms with E-state index in [1.165, 1.54) is 5.56 Å². The second-order valence-electron chi connectivity index (χ2n) is 6.50. The van der Waals surface area contributed by atoms with Crippen molar-refractivity contribution in [2.24, 2.45) is 0 Å². The largest absolute Gasteiger partial charge is 0.491 e. The lowest BCUT2D eigenvalue weighted by atomic mass is 10.0. The molecule has 1 N–H and O–H groups in total. The minimum atomic E-state index is 0.0976. The molecule has 0 bridgehead atoms. The Morgan fingerprint density at radius 2 is 2.08 bits per heavy atom. The van der Waals surface area contributed by atoms with E-state index >= 15 is 0 Å². The molecule has 0 saturated heterocycles. The first-order valence-corrected chi connectivity index (χ1v) is 9.06. The van der Waals surface area contributed by atoms with Crippen molar-refractivity contribution in [1.29, 1.82) is 0 Å². The molecule has 1 amide bonds. The van der Waals surface area contributed by atoms with Gasteiger partial charge in [-0.2, -0.15) is 0 Å². The molecule has 0 aromatic heterocycles. The fourth-order valence-corrected chi connectivity index (χ4v) is 3.06. The zero-order chi connectivity index (χ0) is 17.6. The molecule has 0 aliphatic carbocycles. The van der Waals surface area contributed by atoms with Crippen LogP contribution in [0.2, 0.25) is 0 Å². The highest BCUT2D eigenvalue weighted by Crippen LogP contribution is 2.27. The summed E-state index contributed by atoms with van der Waals surface area (Å²) in [5.41, 5.74) is 3.21. The number of rotatable bonds is 6. The average molecular weight is 338 g/mol. The third-order valence-corrected chi connectivity index (χ3v) is 4.60. The molecule has 0 radical (unpaired) electrons. The van der Waals surface area contributed by atoms with Crippen LogP contribution in [0.25, 0.3) is 0 Å². The number of carbonyl (C=O) groups is 1. The van der Waals surface area contributed by atoms with Gasteiger partial charge in [-0.15, -0.1) is 0 Å². The summed E-state index contributed by atoms with van der Waals surface area (Å²) < 4.78 is 5.84. The number of nitrogens with zero attached hydrogens (tertiary/aromatic N) is 1. The van der Waals surface area contributed by atoms with E-state index in [9.17, 15) is 4.79 Å². The van der Waals surface area contributed by atoms with E-state index < -0.39 is 0 Å². The number of anilines is 2. The van der Waals surface area contributed by atoms with Crippen molar-refractivity contribution < 1.29 is 9.53 Å². The van der Waals surface area contributed by atoms with Gasteiger partial charge < -0.3 is 15.0 Å². The van der Waals surface area contributed by atoms with Gasteiger partial charge in [0.15, 0.2) is 0 Å².